The van der Waals surface area contributed by atoms with Crippen LogP contribution in [0.15, 0.2) is 18.2 Å². The molecule has 1 aromatic rings. The van der Waals surface area contributed by atoms with Gasteiger partial charge in [0, 0.05) is 24.7 Å². The summed E-state index contributed by atoms with van der Waals surface area (Å²) in [6.45, 7) is 4.61. The second-order valence-corrected chi connectivity index (χ2v) is 5.81. The van der Waals surface area contributed by atoms with Crippen molar-refractivity contribution in [1.82, 2.24) is 4.90 Å². The van der Waals surface area contributed by atoms with Crippen LogP contribution in [0.1, 0.15) is 36.8 Å². The van der Waals surface area contributed by atoms with Gasteiger partial charge in [-0.1, -0.05) is 31.0 Å². The third kappa shape index (κ3) is 2.63. The molecule has 2 atom stereocenters. The molecule has 2 fully saturated rings. The van der Waals surface area contributed by atoms with Crippen molar-refractivity contribution in [3.8, 4) is 5.75 Å². The Morgan fingerprint density at radius 2 is 2.16 bits per heavy atom. The van der Waals surface area contributed by atoms with E-state index in [0.717, 1.165) is 30.8 Å². The molecule has 0 bridgehead atoms. The van der Waals surface area contributed by atoms with E-state index in [1.165, 1.54) is 25.7 Å². The number of benzene rings is 1. The van der Waals surface area contributed by atoms with Gasteiger partial charge in [-0.25, -0.2) is 0 Å². The van der Waals surface area contributed by atoms with Gasteiger partial charge < -0.3 is 9.84 Å². The van der Waals surface area contributed by atoms with Gasteiger partial charge in [0.05, 0.1) is 12.7 Å². The van der Waals surface area contributed by atoms with Crippen molar-refractivity contribution in [1.29, 1.82) is 0 Å². The zero-order chi connectivity index (χ0) is 13.2. The molecule has 0 aromatic heterocycles. The van der Waals surface area contributed by atoms with Crippen LogP contribution in [-0.4, -0.2) is 35.3 Å². The number of para-hydroxylation sites is 1. The van der Waals surface area contributed by atoms with Gasteiger partial charge in [-0.15, -0.1) is 0 Å². The number of aromatic hydroxyl groups is 1. The summed E-state index contributed by atoms with van der Waals surface area (Å²) in [5, 5.41) is 10.2. The van der Waals surface area contributed by atoms with E-state index in [4.69, 9.17) is 4.74 Å². The summed E-state index contributed by atoms with van der Waals surface area (Å²) >= 11 is 0. The van der Waals surface area contributed by atoms with Crippen LogP contribution in [0.4, 0.5) is 0 Å². The van der Waals surface area contributed by atoms with Gasteiger partial charge in [-0.3, -0.25) is 4.90 Å². The van der Waals surface area contributed by atoms with Crippen LogP contribution in [0.5, 0.6) is 5.75 Å². The molecule has 2 unspecified atom stereocenters. The molecule has 1 saturated heterocycles. The van der Waals surface area contributed by atoms with Crippen LogP contribution in [0, 0.1) is 6.92 Å². The summed E-state index contributed by atoms with van der Waals surface area (Å²) in [5.74, 6) is 0.460. The Balaban J connectivity index is 1.76. The number of aryl methyl sites for hydroxylation is 1. The molecule has 1 aliphatic carbocycles. The molecule has 3 nitrogen and oxygen atoms in total. The summed E-state index contributed by atoms with van der Waals surface area (Å²) in [7, 11) is 0. The van der Waals surface area contributed by atoms with Gasteiger partial charge in [0.25, 0.3) is 0 Å². The molecular formula is C16H23NO2. The fourth-order valence-electron chi connectivity index (χ4n) is 3.44. The molecular weight excluding hydrogens is 238 g/mol. The topological polar surface area (TPSA) is 32.7 Å². The van der Waals surface area contributed by atoms with E-state index in [1.54, 1.807) is 0 Å². The normalized spacial score (nSPS) is 28.1. The van der Waals surface area contributed by atoms with Gasteiger partial charge in [-0.2, -0.15) is 0 Å². The van der Waals surface area contributed by atoms with Crippen LogP contribution in [0.25, 0.3) is 0 Å². The van der Waals surface area contributed by atoms with E-state index in [9.17, 15) is 5.11 Å². The van der Waals surface area contributed by atoms with Crippen LogP contribution in [0.3, 0.4) is 0 Å². The first-order valence-electron chi connectivity index (χ1n) is 7.39. The predicted molar refractivity (Wildman–Crippen MR) is 75.2 cm³/mol. The molecule has 0 radical (unpaired) electrons. The quantitative estimate of drug-likeness (QED) is 0.888. The van der Waals surface area contributed by atoms with Crippen LogP contribution >= 0.6 is 0 Å². The Morgan fingerprint density at radius 1 is 1.32 bits per heavy atom. The molecule has 1 heterocycles. The lowest BCUT2D eigenvalue weighted by molar-refractivity contribution is -0.0912. The van der Waals surface area contributed by atoms with Crippen LogP contribution in [-0.2, 0) is 11.3 Å². The van der Waals surface area contributed by atoms with Gasteiger partial charge in [0.15, 0.2) is 0 Å². The third-order valence-corrected chi connectivity index (χ3v) is 4.54. The molecule has 104 valence electrons. The Bertz CT molecular complexity index is 444. The fraction of sp³-hybridized carbons (Fsp3) is 0.625. The first kappa shape index (κ1) is 12.9. The van der Waals surface area contributed by atoms with E-state index in [1.807, 2.05) is 25.1 Å². The summed E-state index contributed by atoms with van der Waals surface area (Å²) in [6, 6.07) is 6.57. The monoisotopic (exact) mass is 261 g/mol. The van der Waals surface area contributed by atoms with Crippen molar-refractivity contribution in [2.24, 2.45) is 0 Å². The molecule has 3 rings (SSSR count). The minimum atomic E-state index is 0.412. The third-order valence-electron chi connectivity index (χ3n) is 4.54. The molecule has 3 heteroatoms. The molecule has 1 aliphatic heterocycles. The van der Waals surface area contributed by atoms with Gasteiger partial charge in [-0.05, 0) is 25.3 Å². The van der Waals surface area contributed by atoms with Crippen molar-refractivity contribution in [3.63, 3.8) is 0 Å². The number of nitrogens with zero attached hydrogens (tertiary/aromatic N) is 1. The van der Waals surface area contributed by atoms with Crippen molar-refractivity contribution >= 4 is 0 Å². The molecule has 2 aliphatic rings. The summed E-state index contributed by atoms with van der Waals surface area (Å²) in [6.07, 6.45) is 5.44. The lowest BCUT2D eigenvalue weighted by atomic mass is 9.90. The average molecular weight is 261 g/mol. The first-order chi connectivity index (χ1) is 9.25. The lowest BCUT2D eigenvalue weighted by Gasteiger charge is -2.44. The standard InChI is InChI=1S/C16H23NO2/c1-12-5-4-6-13(16(12)18)11-17-9-10-19-15-8-3-2-7-14(15)17/h4-6,14-15,18H,2-3,7-11H2,1H3. The average Bonchev–Trinajstić information content (AvgIpc) is 2.44. The number of hydrogen-bond acceptors (Lipinski definition) is 3. The van der Waals surface area contributed by atoms with E-state index in [-0.39, 0.29) is 0 Å². The Morgan fingerprint density at radius 3 is 3.05 bits per heavy atom. The Hall–Kier alpha value is -1.06. The van der Waals surface area contributed by atoms with E-state index in [0.29, 0.717) is 17.9 Å². The maximum absolute atomic E-state index is 10.2. The zero-order valence-electron chi connectivity index (χ0n) is 11.6. The molecule has 19 heavy (non-hydrogen) atoms. The smallest absolute Gasteiger partial charge is 0.122 e. The number of fused-ring (bicyclic) bond motifs is 1. The highest BCUT2D eigenvalue weighted by Gasteiger charge is 2.34. The number of ether oxygens (including phenoxy) is 1. The van der Waals surface area contributed by atoms with E-state index >= 15 is 0 Å². The maximum Gasteiger partial charge on any atom is 0.122 e. The van der Waals surface area contributed by atoms with Crippen molar-refractivity contribution in [3.05, 3.63) is 29.3 Å². The number of phenols is 1. The minimum Gasteiger partial charge on any atom is -0.507 e. The van der Waals surface area contributed by atoms with Gasteiger partial charge >= 0.3 is 0 Å². The molecule has 1 aromatic carbocycles. The summed E-state index contributed by atoms with van der Waals surface area (Å²) < 4.78 is 5.90. The Kier molecular flexibility index (Phi) is 3.76. The molecule has 0 amide bonds. The second-order valence-electron chi connectivity index (χ2n) is 5.81. The number of hydrogen-bond donors (Lipinski definition) is 1. The van der Waals surface area contributed by atoms with Gasteiger partial charge in [0.1, 0.15) is 5.75 Å². The van der Waals surface area contributed by atoms with E-state index in [2.05, 4.69) is 4.90 Å². The molecule has 0 spiro atoms. The molecule has 1 saturated carbocycles. The van der Waals surface area contributed by atoms with Crippen molar-refractivity contribution in [2.45, 2.75) is 51.3 Å². The number of rotatable bonds is 2. The van der Waals surface area contributed by atoms with Crippen molar-refractivity contribution < 1.29 is 9.84 Å². The molecule has 1 N–H and O–H groups in total. The fourth-order valence-corrected chi connectivity index (χ4v) is 3.44. The second kappa shape index (κ2) is 5.51. The largest absolute Gasteiger partial charge is 0.507 e. The highest BCUT2D eigenvalue weighted by atomic mass is 16.5. The highest BCUT2D eigenvalue weighted by Crippen LogP contribution is 2.31. The van der Waals surface area contributed by atoms with Crippen LogP contribution in [0.2, 0.25) is 0 Å². The number of phenolic OH excluding ortho intramolecular Hbond substituents is 1. The SMILES string of the molecule is Cc1cccc(CN2CCOC3CCCCC32)c1O. The van der Waals surface area contributed by atoms with Crippen molar-refractivity contribution in [2.75, 3.05) is 13.2 Å². The predicted octanol–water partition coefficient (Wildman–Crippen LogP) is 2.84. The zero-order valence-corrected chi connectivity index (χ0v) is 11.6. The van der Waals surface area contributed by atoms with E-state index < -0.39 is 0 Å². The van der Waals surface area contributed by atoms with Gasteiger partial charge in [0.2, 0.25) is 0 Å². The first-order valence-corrected chi connectivity index (χ1v) is 7.39. The minimum absolute atomic E-state index is 0.412. The highest BCUT2D eigenvalue weighted by molar-refractivity contribution is 5.39. The lowest BCUT2D eigenvalue weighted by Crippen LogP contribution is -2.52. The Labute approximate surface area is 115 Å². The van der Waals surface area contributed by atoms with Crippen LogP contribution < -0.4 is 0 Å². The summed E-state index contributed by atoms with van der Waals surface area (Å²) in [4.78, 5) is 2.50. The maximum atomic E-state index is 10.2. The number of morpholine rings is 1. The summed E-state index contributed by atoms with van der Waals surface area (Å²) in [5.41, 5.74) is 2.01.